The molecular formula is C52H35NO. The van der Waals surface area contributed by atoms with Crippen molar-refractivity contribution in [2.24, 2.45) is 0 Å². The molecule has 2 heteroatoms. The summed E-state index contributed by atoms with van der Waals surface area (Å²) in [7, 11) is 0. The first kappa shape index (κ1) is 24.2. The molecule has 254 valence electrons. The molecule has 2 nitrogen and oxygen atoms in total. The molecule has 0 radical (unpaired) electrons. The van der Waals surface area contributed by atoms with Gasteiger partial charge in [-0.05, 0) is 104 Å². The van der Waals surface area contributed by atoms with Crippen LogP contribution in [0.15, 0.2) is 217 Å². The second kappa shape index (κ2) is 13.4. The van der Waals surface area contributed by atoms with Crippen molar-refractivity contribution in [3.05, 3.63) is 212 Å². The fourth-order valence-corrected chi connectivity index (χ4v) is 7.19. The van der Waals surface area contributed by atoms with Gasteiger partial charge in [0.25, 0.3) is 0 Å². The van der Waals surface area contributed by atoms with Crippen molar-refractivity contribution in [3.63, 3.8) is 0 Å². The van der Waals surface area contributed by atoms with E-state index in [0.29, 0.717) is 22.4 Å². The van der Waals surface area contributed by atoms with Crippen LogP contribution in [0, 0.1) is 0 Å². The second-order valence-corrected chi connectivity index (χ2v) is 13.1. The number of nitrogens with zero attached hydrogens (tertiary/aromatic N) is 1. The standard InChI is InChI=1S/C52H35NO/c1-3-12-36(13-4-1)38-24-29-44(30-25-38)53(45-31-26-39(27-32-45)42-18-9-17-41(34-42)37-14-5-2-6-15-37)46-20-10-19-43(35-46)47-22-11-23-50-51(47)49-33-28-40-16-7-8-21-48(40)52(49)54-50/h1-35H/i24D,25D,26D,27D,29D,30D,31D,32D. The number of hydrogen-bond donors (Lipinski definition) is 0. The highest BCUT2D eigenvalue weighted by atomic mass is 16.3. The van der Waals surface area contributed by atoms with Gasteiger partial charge in [0.05, 0.1) is 11.0 Å². The fraction of sp³-hybridized carbons (Fsp3) is 0. The van der Waals surface area contributed by atoms with Crippen molar-refractivity contribution in [3.8, 4) is 44.5 Å². The van der Waals surface area contributed by atoms with Gasteiger partial charge in [-0.25, -0.2) is 0 Å². The molecular weight excluding hydrogens is 655 g/mol. The molecule has 0 unspecified atom stereocenters. The van der Waals surface area contributed by atoms with E-state index in [4.69, 9.17) is 4.42 Å². The average Bonchev–Trinajstić information content (AvgIpc) is 3.70. The first-order valence-corrected chi connectivity index (χ1v) is 17.8. The molecule has 0 amide bonds. The minimum atomic E-state index is -0.407. The van der Waals surface area contributed by atoms with Crippen molar-refractivity contribution in [2.45, 2.75) is 0 Å². The van der Waals surface area contributed by atoms with E-state index in [1.807, 2.05) is 115 Å². The Kier molecular flexibility index (Phi) is 6.01. The summed E-state index contributed by atoms with van der Waals surface area (Å²) in [4.78, 5) is 1.35. The predicted molar refractivity (Wildman–Crippen MR) is 228 cm³/mol. The summed E-state index contributed by atoms with van der Waals surface area (Å²) in [6.45, 7) is 0. The topological polar surface area (TPSA) is 16.4 Å². The van der Waals surface area contributed by atoms with Gasteiger partial charge >= 0.3 is 0 Å². The monoisotopic (exact) mass is 697 g/mol. The Hall–Kier alpha value is -7.16. The number of rotatable bonds is 7. The van der Waals surface area contributed by atoms with Crippen LogP contribution in [0.2, 0.25) is 0 Å². The minimum absolute atomic E-state index is 0.0975. The molecule has 0 N–H and O–H groups in total. The number of hydrogen-bond acceptors (Lipinski definition) is 2. The van der Waals surface area contributed by atoms with Crippen LogP contribution < -0.4 is 4.90 Å². The van der Waals surface area contributed by atoms with Gasteiger partial charge in [-0.15, -0.1) is 0 Å². The van der Waals surface area contributed by atoms with Gasteiger partial charge in [-0.1, -0.05) is 158 Å². The molecule has 0 fully saturated rings. The molecule has 0 spiro atoms. The van der Waals surface area contributed by atoms with Crippen molar-refractivity contribution in [1.29, 1.82) is 0 Å². The Morgan fingerprint density at radius 3 is 1.65 bits per heavy atom. The van der Waals surface area contributed by atoms with Crippen LogP contribution in [0.5, 0.6) is 0 Å². The maximum atomic E-state index is 9.59. The quantitative estimate of drug-likeness (QED) is 0.165. The molecule has 54 heavy (non-hydrogen) atoms. The van der Waals surface area contributed by atoms with Crippen LogP contribution in [0.4, 0.5) is 17.1 Å². The van der Waals surface area contributed by atoms with Gasteiger partial charge in [0.2, 0.25) is 0 Å². The molecule has 0 bridgehead atoms. The zero-order valence-corrected chi connectivity index (χ0v) is 28.9. The Morgan fingerprint density at radius 1 is 0.370 bits per heavy atom. The van der Waals surface area contributed by atoms with Crippen molar-refractivity contribution in [1.82, 2.24) is 0 Å². The zero-order chi connectivity index (χ0) is 42.8. The zero-order valence-electron chi connectivity index (χ0n) is 36.9. The van der Waals surface area contributed by atoms with E-state index >= 15 is 0 Å². The smallest absolute Gasteiger partial charge is 0.143 e. The molecule has 0 saturated carbocycles. The van der Waals surface area contributed by atoms with Crippen molar-refractivity contribution in [2.75, 3.05) is 4.90 Å². The normalized spacial score (nSPS) is 13.4. The molecule has 0 aliphatic rings. The lowest BCUT2D eigenvalue weighted by Crippen LogP contribution is -2.10. The van der Waals surface area contributed by atoms with Crippen LogP contribution in [0.25, 0.3) is 77.2 Å². The second-order valence-electron chi connectivity index (χ2n) is 13.1. The molecule has 0 aliphatic heterocycles. The highest BCUT2D eigenvalue weighted by Crippen LogP contribution is 2.42. The van der Waals surface area contributed by atoms with E-state index < -0.39 is 24.2 Å². The van der Waals surface area contributed by atoms with E-state index in [1.54, 1.807) is 42.5 Å². The van der Waals surface area contributed by atoms with Gasteiger partial charge in [-0.2, -0.15) is 0 Å². The molecule has 10 rings (SSSR count). The van der Waals surface area contributed by atoms with Gasteiger partial charge < -0.3 is 9.32 Å². The molecule has 1 aromatic heterocycles. The SMILES string of the molecule is [2H]c1c([2H])c(N(c2cccc(-c3cccc4oc5c6ccccc6ccc5c34)c2)c2c([2H])c([2H])c(-c3cccc(-c4ccccc4)c3)c([2H])c2[2H])c([2H])c([2H])c1-c1ccccc1. The average molecular weight is 698 g/mol. The maximum Gasteiger partial charge on any atom is 0.143 e. The molecule has 10 aromatic rings. The molecule has 0 saturated heterocycles. The summed E-state index contributed by atoms with van der Waals surface area (Å²) < 4.78 is 82.0. The number of anilines is 3. The lowest BCUT2D eigenvalue weighted by Gasteiger charge is -2.26. The van der Waals surface area contributed by atoms with Gasteiger partial charge in [-0.3, -0.25) is 0 Å². The Morgan fingerprint density at radius 2 is 0.926 bits per heavy atom. The summed E-state index contributed by atoms with van der Waals surface area (Å²) >= 11 is 0. The molecule has 0 atom stereocenters. The van der Waals surface area contributed by atoms with Crippen LogP contribution >= 0.6 is 0 Å². The van der Waals surface area contributed by atoms with Crippen molar-refractivity contribution >= 4 is 49.8 Å². The highest BCUT2D eigenvalue weighted by Gasteiger charge is 2.18. The van der Waals surface area contributed by atoms with Gasteiger partial charge in [0.15, 0.2) is 0 Å². The summed E-state index contributed by atoms with van der Waals surface area (Å²) in [5.74, 6) is 0. The molecule has 1 heterocycles. The highest BCUT2D eigenvalue weighted by molar-refractivity contribution is 6.19. The summed E-state index contributed by atoms with van der Waals surface area (Å²) in [6.07, 6.45) is 0. The third kappa shape index (κ3) is 5.71. The van der Waals surface area contributed by atoms with Gasteiger partial charge in [0.1, 0.15) is 11.2 Å². The van der Waals surface area contributed by atoms with Crippen LogP contribution in [-0.4, -0.2) is 0 Å². The predicted octanol–water partition coefficient (Wildman–Crippen LogP) is 14.9. The third-order valence-corrected chi connectivity index (χ3v) is 9.79. The van der Waals surface area contributed by atoms with Crippen LogP contribution in [-0.2, 0) is 0 Å². The summed E-state index contributed by atoms with van der Waals surface area (Å²) in [5, 5.41) is 3.82. The van der Waals surface area contributed by atoms with Crippen molar-refractivity contribution < 1.29 is 15.4 Å². The lowest BCUT2D eigenvalue weighted by atomic mass is 9.97. The van der Waals surface area contributed by atoms with E-state index in [1.165, 1.54) is 4.90 Å². The Labute approximate surface area is 326 Å². The van der Waals surface area contributed by atoms with Gasteiger partial charge in [0, 0.05) is 33.2 Å². The third-order valence-electron chi connectivity index (χ3n) is 9.79. The van der Waals surface area contributed by atoms with E-state index in [0.717, 1.165) is 49.4 Å². The number of benzene rings is 9. The van der Waals surface area contributed by atoms with E-state index in [9.17, 15) is 11.0 Å². The molecule has 0 aliphatic carbocycles. The Balaban J connectivity index is 1.22. The fourth-order valence-electron chi connectivity index (χ4n) is 7.19. The van der Waals surface area contributed by atoms with E-state index in [2.05, 4.69) is 6.07 Å². The lowest BCUT2D eigenvalue weighted by molar-refractivity contribution is 0.673. The maximum absolute atomic E-state index is 9.59. The first-order chi connectivity index (χ1) is 30.1. The summed E-state index contributed by atoms with van der Waals surface area (Å²) in [5.41, 5.74) is 5.84. The van der Waals surface area contributed by atoms with E-state index in [-0.39, 0.29) is 46.7 Å². The number of fused-ring (bicyclic) bond motifs is 5. The minimum Gasteiger partial charge on any atom is -0.455 e. The summed E-state index contributed by atoms with van der Waals surface area (Å²) in [6, 6.07) is 48.2. The van der Waals surface area contributed by atoms with Crippen LogP contribution in [0.1, 0.15) is 11.0 Å². The first-order valence-electron chi connectivity index (χ1n) is 21.8. The Bertz CT molecular complexity index is 3340. The number of furan rings is 1. The van der Waals surface area contributed by atoms with Crippen LogP contribution in [0.3, 0.4) is 0 Å². The largest absolute Gasteiger partial charge is 0.455 e. The molecule has 9 aromatic carbocycles.